The van der Waals surface area contributed by atoms with Gasteiger partial charge >= 0.3 is 5.97 Å². The first-order valence-corrected chi connectivity index (χ1v) is 4.88. The minimum atomic E-state index is -0.450. The average molecular weight is 208 g/mol. The molecule has 3 nitrogen and oxygen atoms in total. The van der Waals surface area contributed by atoms with Crippen LogP contribution in [0, 0.1) is 0 Å². The van der Waals surface area contributed by atoms with E-state index < -0.39 is 5.60 Å². The van der Waals surface area contributed by atoms with Gasteiger partial charge in [0.15, 0.2) is 0 Å². The summed E-state index contributed by atoms with van der Waals surface area (Å²) in [5.74, 6) is 0.312. The van der Waals surface area contributed by atoms with Crippen molar-refractivity contribution in [1.82, 2.24) is 0 Å². The van der Waals surface area contributed by atoms with Crippen molar-refractivity contribution in [3.05, 3.63) is 36.3 Å². The SMILES string of the molecule is CC(C)(C)OC(=O)CC1=CC=CC=CO1. The van der Waals surface area contributed by atoms with Crippen LogP contribution in [0.25, 0.3) is 0 Å². The zero-order valence-electron chi connectivity index (χ0n) is 9.32. The molecule has 0 aromatic heterocycles. The van der Waals surface area contributed by atoms with Crippen molar-refractivity contribution in [3.63, 3.8) is 0 Å². The van der Waals surface area contributed by atoms with Gasteiger partial charge in [0.25, 0.3) is 0 Å². The largest absolute Gasteiger partial charge is 0.469 e. The van der Waals surface area contributed by atoms with Gasteiger partial charge in [-0.2, -0.15) is 0 Å². The molecule has 0 saturated heterocycles. The molecular weight excluding hydrogens is 192 g/mol. The number of carbonyl (C=O) groups is 1. The molecule has 0 atom stereocenters. The van der Waals surface area contributed by atoms with Gasteiger partial charge in [-0.05, 0) is 32.9 Å². The minimum absolute atomic E-state index is 0.159. The lowest BCUT2D eigenvalue weighted by molar-refractivity contribution is -0.154. The molecule has 3 heteroatoms. The van der Waals surface area contributed by atoms with Crippen LogP contribution in [0.2, 0.25) is 0 Å². The summed E-state index contributed by atoms with van der Waals surface area (Å²) >= 11 is 0. The van der Waals surface area contributed by atoms with Crippen LogP contribution >= 0.6 is 0 Å². The molecule has 1 aliphatic rings. The van der Waals surface area contributed by atoms with Gasteiger partial charge in [0.1, 0.15) is 17.8 Å². The summed E-state index contributed by atoms with van der Waals surface area (Å²) in [5.41, 5.74) is -0.450. The lowest BCUT2D eigenvalue weighted by Gasteiger charge is -2.19. The van der Waals surface area contributed by atoms with Gasteiger partial charge in [0, 0.05) is 0 Å². The normalized spacial score (nSPS) is 15.3. The summed E-state index contributed by atoms with van der Waals surface area (Å²) < 4.78 is 10.4. The van der Waals surface area contributed by atoms with Gasteiger partial charge in [-0.15, -0.1) is 0 Å². The predicted octanol–water partition coefficient (Wildman–Crippen LogP) is 2.70. The highest BCUT2D eigenvalue weighted by molar-refractivity contribution is 5.72. The Bertz CT molecular complexity index is 316. The third-order valence-electron chi connectivity index (χ3n) is 1.54. The molecule has 0 aromatic rings. The fourth-order valence-corrected chi connectivity index (χ4v) is 1.06. The van der Waals surface area contributed by atoms with Crippen LogP contribution in [-0.4, -0.2) is 11.6 Å². The van der Waals surface area contributed by atoms with E-state index in [2.05, 4.69) is 0 Å². The summed E-state index contributed by atoms with van der Waals surface area (Å²) in [6.07, 6.45) is 8.87. The monoisotopic (exact) mass is 208 g/mol. The second kappa shape index (κ2) is 4.82. The zero-order chi connectivity index (χ0) is 11.3. The first-order valence-electron chi connectivity index (χ1n) is 4.88. The van der Waals surface area contributed by atoms with Gasteiger partial charge in [0.05, 0.1) is 6.26 Å². The number of allylic oxidation sites excluding steroid dienone is 4. The molecule has 0 spiro atoms. The maximum Gasteiger partial charge on any atom is 0.314 e. The summed E-state index contributed by atoms with van der Waals surface area (Å²) in [5, 5.41) is 0. The van der Waals surface area contributed by atoms with E-state index in [1.807, 2.05) is 32.9 Å². The molecule has 1 heterocycles. The van der Waals surface area contributed by atoms with Crippen molar-refractivity contribution < 1.29 is 14.3 Å². The van der Waals surface area contributed by atoms with E-state index in [-0.39, 0.29) is 12.4 Å². The van der Waals surface area contributed by atoms with Crippen molar-refractivity contribution in [2.24, 2.45) is 0 Å². The van der Waals surface area contributed by atoms with Crippen molar-refractivity contribution in [2.75, 3.05) is 0 Å². The van der Waals surface area contributed by atoms with E-state index >= 15 is 0 Å². The zero-order valence-corrected chi connectivity index (χ0v) is 9.32. The lowest BCUT2D eigenvalue weighted by atomic mass is 10.2. The van der Waals surface area contributed by atoms with Gasteiger partial charge < -0.3 is 9.47 Å². The Balaban J connectivity index is 2.48. The fraction of sp³-hybridized carbons (Fsp3) is 0.417. The maximum atomic E-state index is 11.4. The molecule has 82 valence electrons. The second-order valence-corrected chi connectivity index (χ2v) is 4.23. The van der Waals surface area contributed by atoms with Crippen molar-refractivity contribution >= 4 is 5.97 Å². The number of esters is 1. The third-order valence-corrected chi connectivity index (χ3v) is 1.54. The van der Waals surface area contributed by atoms with Gasteiger partial charge in [-0.3, -0.25) is 4.79 Å². The molecule has 0 aromatic carbocycles. The summed E-state index contributed by atoms with van der Waals surface area (Å²) in [4.78, 5) is 11.4. The van der Waals surface area contributed by atoms with E-state index in [1.165, 1.54) is 0 Å². The number of hydrogen-bond acceptors (Lipinski definition) is 3. The van der Waals surface area contributed by atoms with Gasteiger partial charge in [-0.25, -0.2) is 0 Å². The molecule has 1 rings (SSSR count). The summed E-state index contributed by atoms with van der Waals surface area (Å²) in [6.45, 7) is 5.52. The molecule has 0 aliphatic carbocycles. The van der Waals surface area contributed by atoms with E-state index in [4.69, 9.17) is 9.47 Å². The van der Waals surface area contributed by atoms with E-state index in [1.54, 1.807) is 18.4 Å². The first-order chi connectivity index (χ1) is 6.97. The van der Waals surface area contributed by atoms with Gasteiger partial charge in [-0.1, -0.05) is 12.2 Å². The highest BCUT2D eigenvalue weighted by atomic mass is 16.6. The van der Waals surface area contributed by atoms with Gasteiger partial charge in [0.2, 0.25) is 0 Å². The van der Waals surface area contributed by atoms with Crippen LogP contribution in [0.4, 0.5) is 0 Å². The van der Waals surface area contributed by atoms with Crippen molar-refractivity contribution in [3.8, 4) is 0 Å². The Hall–Kier alpha value is -1.51. The van der Waals surface area contributed by atoms with Crippen LogP contribution in [0.15, 0.2) is 36.3 Å². The Morgan fingerprint density at radius 3 is 2.73 bits per heavy atom. The third kappa shape index (κ3) is 5.05. The predicted molar refractivity (Wildman–Crippen MR) is 57.9 cm³/mol. The Morgan fingerprint density at radius 2 is 2.07 bits per heavy atom. The first kappa shape index (κ1) is 11.6. The maximum absolute atomic E-state index is 11.4. The van der Waals surface area contributed by atoms with E-state index in [0.717, 1.165) is 0 Å². The number of ether oxygens (including phenoxy) is 2. The van der Waals surface area contributed by atoms with E-state index in [0.29, 0.717) is 5.76 Å². The number of carbonyl (C=O) groups excluding carboxylic acids is 1. The average Bonchev–Trinajstić information content (AvgIpc) is 2.28. The Kier molecular flexibility index (Phi) is 3.72. The Labute approximate surface area is 90.1 Å². The molecule has 0 N–H and O–H groups in total. The van der Waals surface area contributed by atoms with Crippen LogP contribution in [-0.2, 0) is 14.3 Å². The Morgan fingerprint density at radius 1 is 1.33 bits per heavy atom. The highest BCUT2D eigenvalue weighted by Gasteiger charge is 2.17. The number of hydrogen-bond donors (Lipinski definition) is 0. The fourth-order valence-electron chi connectivity index (χ4n) is 1.06. The molecule has 1 aliphatic heterocycles. The topological polar surface area (TPSA) is 35.5 Å². The molecule has 0 fully saturated rings. The minimum Gasteiger partial charge on any atom is -0.469 e. The van der Waals surface area contributed by atoms with Crippen molar-refractivity contribution in [1.29, 1.82) is 0 Å². The second-order valence-electron chi connectivity index (χ2n) is 4.23. The summed E-state index contributed by atoms with van der Waals surface area (Å²) in [7, 11) is 0. The van der Waals surface area contributed by atoms with Crippen molar-refractivity contribution in [2.45, 2.75) is 32.8 Å². The quantitative estimate of drug-likeness (QED) is 0.654. The van der Waals surface area contributed by atoms with Crippen LogP contribution in [0.5, 0.6) is 0 Å². The molecule has 15 heavy (non-hydrogen) atoms. The summed E-state index contributed by atoms with van der Waals surface area (Å²) in [6, 6.07) is 0. The van der Waals surface area contributed by atoms with E-state index in [9.17, 15) is 4.79 Å². The van der Waals surface area contributed by atoms with Crippen LogP contribution < -0.4 is 0 Å². The standard InChI is InChI=1S/C12H16O3/c1-12(2,3)15-11(13)9-10-7-5-4-6-8-14-10/h4-8H,9H2,1-3H3. The molecule has 0 amide bonds. The molecule has 0 saturated carbocycles. The molecule has 0 bridgehead atoms. The van der Waals surface area contributed by atoms with Crippen LogP contribution in [0.3, 0.4) is 0 Å². The molecule has 0 unspecified atom stereocenters. The highest BCUT2D eigenvalue weighted by Crippen LogP contribution is 2.13. The number of rotatable bonds is 2. The molecular formula is C12H16O3. The van der Waals surface area contributed by atoms with Crippen LogP contribution in [0.1, 0.15) is 27.2 Å². The smallest absolute Gasteiger partial charge is 0.314 e. The lowest BCUT2D eigenvalue weighted by Crippen LogP contribution is -2.24. The molecule has 0 radical (unpaired) electrons.